The van der Waals surface area contributed by atoms with E-state index in [0.717, 1.165) is 10.9 Å². The summed E-state index contributed by atoms with van der Waals surface area (Å²) in [4.78, 5) is 12.2. The number of fused-ring (bicyclic) bond motifs is 1. The van der Waals surface area contributed by atoms with E-state index in [9.17, 15) is 4.79 Å². The lowest BCUT2D eigenvalue weighted by molar-refractivity contribution is 0.102. The Balaban J connectivity index is 1.92. The zero-order valence-corrected chi connectivity index (χ0v) is 11.1. The third-order valence-electron chi connectivity index (χ3n) is 2.96. The Morgan fingerprint density at radius 2 is 2.05 bits per heavy atom. The first-order valence-electron chi connectivity index (χ1n) is 5.94. The highest BCUT2D eigenvalue weighted by atomic mass is 35.5. The minimum atomic E-state index is -0.323. The number of carbonyl (C=O) groups is 1. The van der Waals surface area contributed by atoms with Gasteiger partial charge in [-0.25, -0.2) is 0 Å². The number of nitrogens with two attached hydrogens (primary N) is 1. The summed E-state index contributed by atoms with van der Waals surface area (Å²) in [6.45, 7) is 0. The highest BCUT2D eigenvalue weighted by Gasteiger charge is 2.13. The zero-order chi connectivity index (χ0) is 14.1. The number of hydrogen-bond acceptors (Lipinski definition) is 3. The molecule has 20 heavy (non-hydrogen) atoms. The quantitative estimate of drug-likeness (QED) is 0.633. The van der Waals surface area contributed by atoms with Crippen molar-refractivity contribution < 1.29 is 4.79 Å². The summed E-state index contributed by atoms with van der Waals surface area (Å²) in [5.74, 6) is 0.149. The fourth-order valence-electron chi connectivity index (χ4n) is 1.97. The number of para-hydroxylation sites is 1. The maximum atomic E-state index is 12.2. The first-order valence-corrected chi connectivity index (χ1v) is 6.32. The molecule has 0 fully saturated rings. The van der Waals surface area contributed by atoms with Gasteiger partial charge in [0.05, 0.1) is 11.1 Å². The van der Waals surface area contributed by atoms with Crippen LogP contribution in [-0.2, 0) is 0 Å². The standard InChI is InChI=1S/C14H11ClN4O/c15-8-5-6-9(11(16)7-8)14(20)17-13-10-3-1-2-4-12(10)18-19-13/h1-7H,16H2,(H2,17,18,19,20). The van der Waals surface area contributed by atoms with E-state index >= 15 is 0 Å². The van der Waals surface area contributed by atoms with Gasteiger partial charge in [0.15, 0.2) is 5.82 Å². The van der Waals surface area contributed by atoms with Crippen molar-refractivity contribution in [2.24, 2.45) is 0 Å². The molecule has 0 saturated heterocycles. The van der Waals surface area contributed by atoms with Crippen molar-refractivity contribution in [3.8, 4) is 0 Å². The third kappa shape index (κ3) is 2.19. The molecule has 3 aromatic rings. The van der Waals surface area contributed by atoms with Crippen molar-refractivity contribution >= 4 is 39.9 Å². The first kappa shape index (κ1) is 12.5. The fraction of sp³-hybridized carbons (Fsp3) is 0. The number of rotatable bonds is 2. The number of halogens is 1. The molecular weight excluding hydrogens is 276 g/mol. The van der Waals surface area contributed by atoms with Gasteiger partial charge >= 0.3 is 0 Å². The molecule has 0 spiro atoms. The van der Waals surface area contributed by atoms with Crippen molar-refractivity contribution in [3.05, 3.63) is 53.1 Å². The molecule has 3 rings (SSSR count). The highest BCUT2D eigenvalue weighted by Crippen LogP contribution is 2.22. The van der Waals surface area contributed by atoms with Crippen LogP contribution in [0.2, 0.25) is 5.02 Å². The van der Waals surface area contributed by atoms with Gasteiger partial charge in [0.1, 0.15) is 0 Å². The minimum absolute atomic E-state index is 0.323. The van der Waals surface area contributed by atoms with Crippen molar-refractivity contribution in [3.63, 3.8) is 0 Å². The van der Waals surface area contributed by atoms with Crippen molar-refractivity contribution in [2.45, 2.75) is 0 Å². The number of aromatic amines is 1. The number of nitrogen functional groups attached to an aromatic ring is 1. The SMILES string of the molecule is Nc1cc(Cl)ccc1C(=O)Nc1n[nH]c2ccccc12. The summed E-state index contributed by atoms with van der Waals surface area (Å²) >= 11 is 5.81. The van der Waals surface area contributed by atoms with Crippen molar-refractivity contribution in [1.82, 2.24) is 10.2 Å². The molecule has 6 heteroatoms. The maximum Gasteiger partial charge on any atom is 0.258 e. The maximum absolute atomic E-state index is 12.2. The molecule has 1 aromatic heterocycles. The molecule has 0 bridgehead atoms. The third-order valence-corrected chi connectivity index (χ3v) is 3.20. The van der Waals surface area contributed by atoms with E-state index in [-0.39, 0.29) is 5.91 Å². The summed E-state index contributed by atoms with van der Waals surface area (Å²) in [7, 11) is 0. The predicted molar refractivity (Wildman–Crippen MR) is 79.9 cm³/mol. The van der Waals surface area contributed by atoms with Gasteiger partial charge in [0.2, 0.25) is 0 Å². The first-order chi connectivity index (χ1) is 9.65. The molecule has 0 saturated carbocycles. The lowest BCUT2D eigenvalue weighted by Crippen LogP contribution is -2.14. The van der Waals surface area contributed by atoms with E-state index in [4.69, 9.17) is 17.3 Å². The molecule has 0 radical (unpaired) electrons. The van der Waals surface area contributed by atoms with E-state index in [1.165, 1.54) is 0 Å². The Labute approximate surface area is 119 Å². The van der Waals surface area contributed by atoms with Gasteiger partial charge in [-0.1, -0.05) is 23.7 Å². The Bertz CT molecular complexity index is 797. The van der Waals surface area contributed by atoms with E-state index in [1.54, 1.807) is 18.2 Å². The number of benzene rings is 2. The number of nitrogens with one attached hydrogen (secondary N) is 2. The van der Waals surface area contributed by atoms with Gasteiger partial charge in [-0.15, -0.1) is 0 Å². The van der Waals surface area contributed by atoms with E-state index in [2.05, 4.69) is 15.5 Å². The number of hydrogen-bond donors (Lipinski definition) is 3. The van der Waals surface area contributed by atoms with Gasteiger partial charge in [-0.05, 0) is 30.3 Å². The zero-order valence-electron chi connectivity index (χ0n) is 10.4. The number of aromatic nitrogens is 2. The van der Waals surface area contributed by atoms with Crippen LogP contribution in [0.15, 0.2) is 42.5 Å². The van der Waals surface area contributed by atoms with E-state index < -0.39 is 0 Å². The van der Waals surface area contributed by atoms with Gasteiger partial charge < -0.3 is 11.1 Å². The van der Waals surface area contributed by atoms with Crippen LogP contribution >= 0.6 is 11.6 Å². The van der Waals surface area contributed by atoms with Crippen LogP contribution in [0.1, 0.15) is 10.4 Å². The van der Waals surface area contributed by atoms with Crippen LogP contribution in [-0.4, -0.2) is 16.1 Å². The van der Waals surface area contributed by atoms with Crippen LogP contribution in [0.3, 0.4) is 0 Å². The molecule has 4 N–H and O–H groups in total. The van der Waals surface area contributed by atoms with Crippen LogP contribution in [0.4, 0.5) is 11.5 Å². The van der Waals surface area contributed by atoms with E-state index in [0.29, 0.717) is 22.1 Å². The molecule has 1 amide bonds. The molecule has 0 unspecified atom stereocenters. The molecule has 2 aromatic carbocycles. The highest BCUT2D eigenvalue weighted by molar-refractivity contribution is 6.31. The minimum Gasteiger partial charge on any atom is -0.398 e. The summed E-state index contributed by atoms with van der Waals surface area (Å²) in [5.41, 5.74) is 7.34. The van der Waals surface area contributed by atoms with Crippen LogP contribution in [0.5, 0.6) is 0 Å². The molecule has 0 aliphatic rings. The van der Waals surface area contributed by atoms with Crippen molar-refractivity contribution in [1.29, 1.82) is 0 Å². The van der Waals surface area contributed by atoms with Gasteiger partial charge in [0, 0.05) is 16.1 Å². The molecular formula is C14H11ClN4O. The molecule has 0 aliphatic heterocycles. The van der Waals surface area contributed by atoms with Crippen LogP contribution in [0.25, 0.3) is 10.9 Å². The van der Waals surface area contributed by atoms with Crippen molar-refractivity contribution in [2.75, 3.05) is 11.1 Å². The number of H-pyrrole nitrogens is 1. The number of anilines is 2. The average molecular weight is 287 g/mol. The second-order valence-corrected chi connectivity index (χ2v) is 4.74. The second kappa shape index (κ2) is 4.86. The summed E-state index contributed by atoms with van der Waals surface area (Å²) in [6, 6.07) is 12.3. The summed E-state index contributed by atoms with van der Waals surface area (Å²) in [5, 5.41) is 11.0. The molecule has 0 atom stereocenters. The Hall–Kier alpha value is -2.53. The lowest BCUT2D eigenvalue weighted by Gasteiger charge is -2.06. The van der Waals surface area contributed by atoms with Gasteiger partial charge in [-0.2, -0.15) is 5.10 Å². The largest absolute Gasteiger partial charge is 0.398 e. The number of nitrogens with zero attached hydrogens (tertiary/aromatic N) is 1. The molecule has 100 valence electrons. The normalized spacial score (nSPS) is 10.7. The van der Waals surface area contributed by atoms with Crippen LogP contribution < -0.4 is 11.1 Å². The molecule has 0 aliphatic carbocycles. The van der Waals surface area contributed by atoms with Crippen LogP contribution in [0, 0.1) is 0 Å². The Kier molecular flexibility index (Phi) is 3.04. The Morgan fingerprint density at radius 1 is 1.25 bits per heavy atom. The lowest BCUT2D eigenvalue weighted by atomic mass is 10.1. The van der Waals surface area contributed by atoms with Gasteiger partial charge in [-0.3, -0.25) is 9.89 Å². The molecule has 1 heterocycles. The fourth-order valence-corrected chi connectivity index (χ4v) is 2.15. The molecule has 5 nitrogen and oxygen atoms in total. The number of carbonyl (C=O) groups excluding carboxylic acids is 1. The topological polar surface area (TPSA) is 83.8 Å². The monoisotopic (exact) mass is 286 g/mol. The Morgan fingerprint density at radius 3 is 2.85 bits per heavy atom. The van der Waals surface area contributed by atoms with E-state index in [1.807, 2.05) is 24.3 Å². The number of amides is 1. The second-order valence-electron chi connectivity index (χ2n) is 4.30. The smallest absolute Gasteiger partial charge is 0.258 e. The summed E-state index contributed by atoms with van der Waals surface area (Å²) in [6.07, 6.45) is 0. The average Bonchev–Trinajstić information content (AvgIpc) is 2.82. The summed E-state index contributed by atoms with van der Waals surface area (Å²) < 4.78 is 0. The van der Waals surface area contributed by atoms with Gasteiger partial charge in [0.25, 0.3) is 5.91 Å². The predicted octanol–water partition coefficient (Wildman–Crippen LogP) is 3.05.